The molecule has 0 bridgehead atoms. The van der Waals surface area contributed by atoms with Crippen molar-refractivity contribution >= 4 is 29.3 Å². The third-order valence-corrected chi connectivity index (χ3v) is 6.96. The third kappa shape index (κ3) is 4.94. The van der Waals surface area contributed by atoms with Gasteiger partial charge in [0.15, 0.2) is 11.0 Å². The van der Waals surface area contributed by atoms with Crippen molar-refractivity contribution in [2.45, 2.75) is 25.0 Å². The van der Waals surface area contributed by atoms with E-state index in [9.17, 15) is 4.79 Å². The van der Waals surface area contributed by atoms with Gasteiger partial charge < -0.3 is 4.90 Å². The average molecular weight is 478 g/mol. The quantitative estimate of drug-likeness (QED) is 0.324. The van der Waals surface area contributed by atoms with Crippen LogP contribution in [0.2, 0.25) is 5.02 Å². The number of benzene rings is 2. The Morgan fingerprint density at radius 1 is 1.06 bits per heavy atom. The number of rotatable bonds is 7. The second-order valence-corrected chi connectivity index (χ2v) is 8.99. The van der Waals surface area contributed by atoms with Gasteiger partial charge in [-0.25, -0.2) is 0 Å². The van der Waals surface area contributed by atoms with Gasteiger partial charge in [-0.2, -0.15) is 0 Å². The number of hydrogen-bond acceptors (Lipinski definition) is 5. The summed E-state index contributed by atoms with van der Waals surface area (Å²) in [7, 11) is 1.83. The molecule has 4 rings (SSSR count). The van der Waals surface area contributed by atoms with Gasteiger partial charge in [0, 0.05) is 30.0 Å². The summed E-state index contributed by atoms with van der Waals surface area (Å²) >= 11 is 7.77. The van der Waals surface area contributed by atoms with E-state index >= 15 is 0 Å². The number of halogens is 1. The molecule has 1 unspecified atom stereocenters. The first-order chi connectivity index (χ1) is 16.0. The van der Waals surface area contributed by atoms with E-state index in [2.05, 4.69) is 15.2 Å². The molecule has 168 valence electrons. The molecule has 0 N–H and O–H groups in total. The molecule has 0 saturated carbocycles. The van der Waals surface area contributed by atoms with Crippen LogP contribution >= 0.6 is 23.4 Å². The predicted octanol–water partition coefficient (Wildman–Crippen LogP) is 5.60. The van der Waals surface area contributed by atoms with E-state index in [1.165, 1.54) is 11.8 Å². The number of thioether (sulfide) groups is 1. The Kier molecular flexibility index (Phi) is 7.11. The first-order valence-corrected chi connectivity index (χ1v) is 11.9. The molecule has 0 spiro atoms. The van der Waals surface area contributed by atoms with E-state index in [4.69, 9.17) is 11.6 Å². The first kappa shape index (κ1) is 23.0. The van der Waals surface area contributed by atoms with E-state index in [1.807, 2.05) is 86.1 Å². The Morgan fingerprint density at radius 2 is 1.79 bits per heavy atom. The smallest absolute Gasteiger partial charge is 0.233 e. The van der Waals surface area contributed by atoms with Gasteiger partial charge >= 0.3 is 0 Å². The summed E-state index contributed by atoms with van der Waals surface area (Å²) in [5.74, 6) is 0.921. The molecule has 33 heavy (non-hydrogen) atoms. The molecule has 0 aliphatic heterocycles. The summed E-state index contributed by atoms with van der Waals surface area (Å²) in [6.07, 6.45) is 3.44. The van der Waals surface area contributed by atoms with E-state index in [-0.39, 0.29) is 17.7 Å². The minimum absolute atomic E-state index is 0.0131. The van der Waals surface area contributed by atoms with Crippen molar-refractivity contribution in [2.75, 3.05) is 12.8 Å². The van der Waals surface area contributed by atoms with Crippen molar-refractivity contribution in [3.05, 3.63) is 89.2 Å². The van der Waals surface area contributed by atoms with Crippen molar-refractivity contribution in [1.82, 2.24) is 24.6 Å². The maximum absolute atomic E-state index is 13.0. The fourth-order valence-electron chi connectivity index (χ4n) is 3.51. The molecule has 0 aliphatic carbocycles. The molecule has 0 saturated heterocycles. The number of nitrogens with zero attached hydrogens (tertiary/aromatic N) is 5. The Morgan fingerprint density at radius 3 is 2.52 bits per heavy atom. The van der Waals surface area contributed by atoms with E-state index in [1.54, 1.807) is 17.3 Å². The Labute approximate surface area is 202 Å². The van der Waals surface area contributed by atoms with Crippen molar-refractivity contribution in [3.63, 3.8) is 0 Å². The summed E-state index contributed by atoms with van der Waals surface area (Å²) in [5.41, 5.74) is 3.76. The molecule has 0 fully saturated rings. The van der Waals surface area contributed by atoms with Crippen LogP contribution < -0.4 is 0 Å². The maximum atomic E-state index is 13.0. The van der Waals surface area contributed by atoms with Crippen LogP contribution in [0.25, 0.3) is 17.1 Å². The molecule has 2 aromatic heterocycles. The summed E-state index contributed by atoms with van der Waals surface area (Å²) in [6, 6.07) is 19.5. The lowest BCUT2D eigenvalue weighted by atomic mass is 10.1. The van der Waals surface area contributed by atoms with Crippen LogP contribution in [0.1, 0.15) is 24.1 Å². The minimum atomic E-state index is -0.0280. The SMILES string of the molecule is Cc1c(Cl)cccc1-n1c(SCC(=O)N(C)C(C)c2ccccc2)nnc1-c1ccncc1. The Bertz CT molecular complexity index is 1250. The van der Waals surface area contributed by atoms with Crippen LogP contribution in [0.4, 0.5) is 0 Å². The highest BCUT2D eigenvalue weighted by atomic mass is 35.5. The predicted molar refractivity (Wildman–Crippen MR) is 133 cm³/mol. The second-order valence-electron chi connectivity index (χ2n) is 7.64. The number of carbonyl (C=O) groups is 1. The van der Waals surface area contributed by atoms with Gasteiger partial charge in [-0.15, -0.1) is 10.2 Å². The Balaban J connectivity index is 1.62. The normalized spacial score (nSPS) is 11.9. The molecule has 0 radical (unpaired) electrons. The summed E-state index contributed by atoms with van der Waals surface area (Å²) in [6.45, 7) is 3.99. The molecule has 2 aromatic carbocycles. The van der Waals surface area contributed by atoms with Crippen LogP contribution in [0.15, 0.2) is 78.2 Å². The highest BCUT2D eigenvalue weighted by Crippen LogP contribution is 2.32. The second kappa shape index (κ2) is 10.2. The largest absolute Gasteiger partial charge is 0.338 e. The zero-order chi connectivity index (χ0) is 23.4. The molecule has 1 atom stereocenters. The van der Waals surface area contributed by atoms with Gasteiger partial charge in [0.25, 0.3) is 0 Å². The molecule has 4 aromatic rings. The van der Waals surface area contributed by atoms with Crippen molar-refractivity contribution in [2.24, 2.45) is 0 Å². The van der Waals surface area contributed by atoms with Crippen molar-refractivity contribution < 1.29 is 4.79 Å². The van der Waals surface area contributed by atoms with Gasteiger partial charge in [0.05, 0.1) is 17.5 Å². The third-order valence-electron chi connectivity index (χ3n) is 5.63. The Hall–Kier alpha value is -3.16. The van der Waals surface area contributed by atoms with Crippen molar-refractivity contribution in [3.8, 4) is 17.1 Å². The molecular weight excluding hydrogens is 454 g/mol. The van der Waals surface area contributed by atoms with Crippen LogP contribution in [0, 0.1) is 6.92 Å². The number of amides is 1. The fraction of sp³-hybridized carbons (Fsp3) is 0.200. The summed E-state index contributed by atoms with van der Waals surface area (Å²) < 4.78 is 1.95. The fourth-order valence-corrected chi connectivity index (χ4v) is 4.54. The van der Waals surface area contributed by atoms with Gasteiger partial charge in [-0.3, -0.25) is 14.3 Å². The minimum Gasteiger partial charge on any atom is -0.338 e. The first-order valence-electron chi connectivity index (χ1n) is 10.5. The van der Waals surface area contributed by atoms with Gasteiger partial charge in [0.1, 0.15) is 0 Å². The molecule has 8 heteroatoms. The summed E-state index contributed by atoms with van der Waals surface area (Å²) in [4.78, 5) is 18.9. The number of hydrogen-bond donors (Lipinski definition) is 0. The topological polar surface area (TPSA) is 63.9 Å². The number of pyridine rings is 1. The van der Waals surface area contributed by atoms with E-state index < -0.39 is 0 Å². The molecule has 0 aliphatic rings. The standard InChI is InChI=1S/C25H24ClN5OS/c1-17-21(26)10-7-11-22(17)31-24(20-12-14-27-15-13-20)28-29-25(31)33-16-23(32)30(3)18(2)19-8-5-4-6-9-19/h4-15,18H,16H2,1-3H3. The lowest BCUT2D eigenvalue weighted by Gasteiger charge is -2.25. The van der Waals surface area contributed by atoms with Crippen LogP contribution in [-0.4, -0.2) is 43.4 Å². The van der Waals surface area contributed by atoms with Crippen LogP contribution in [-0.2, 0) is 4.79 Å². The van der Waals surface area contributed by atoms with Crippen LogP contribution in [0.3, 0.4) is 0 Å². The van der Waals surface area contributed by atoms with E-state index in [0.717, 1.165) is 22.4 Å². The van der Waals surface area contributed by atoms with Crippen LogP contribution in [0.5, 0.6) is 0 Å². The molecular formula is C25H24ClN5OS. The average Bonchev–Trinajstić information content (AvgIpc) is 3.28. The summed E-state index contributed by atoms with van der Waals surface area (Å²) in [5, 5.41) is 10.1. The lowest BCUT2D eigenvalue weighted by Crippen LogP contribution is -2.31. The van der Waals surface area contributed by atoms with Gasteiger partial charge in [0.2, 0.25) is 5.91 Å². The molecule has 1 amide bonds. The highest BCUT2D eigenvalue weighted by Gasteiger charge is 2.22. The molecule has 6 nitrogen and oxygen atoms in total. The van der Waals surface area contributed by atoms with Gasteiger partial charge in [-0.05, 0) is 49.2 Å². The zero-order valence-corrected chi connectivity index (χ0v) is 20.2. The van der Waals surface area contributed by atoms with Crippen molar-refractivity contribution in [1.29, 1.82) is 0 Å². The maximum Gasteiger partial charge on any atom is 0.233 e. The van der Waals surface area contributed by atoms with Gasteiger partial charge in [-0.1, -0.05) is 59.8 Å². The number of carbonyl (C=O) groups excluding carboxylic acids is 1. The monoisotopic (exact) mass is 477 g/mol. The van der Waals surface area contributed by atoms with E-state index in [0.29, 0.717) is 16.0 Å². The highest BCUT2D eigenvalue weighted by molar-refractivity contribution is 7.99. The zero-order valence-electron chi connectivity index (χ0n) is 18.6. The molecule has 2 heterocycles. The lowest BCUT2D eigenvalue weighted by molar-refractivity contribution is -0.128. The number of aromatic nitrogens is 4.